The normalized spacial score (nSPS) is 22.6. The molecule has 0 spiro atoms. The van der Waals surface area contributed by atoms with Gasteiger partial charge in [0.05, 0.1) is 5.92 Å². The summed E-state index contributed by atoms with van der Waals surface area (Å²) >= 11 is 18.5. The van der Waals surface area contributed by atoms with Crippen LogP contribution in [0.5, 0.6) is 0 Å². The summed E-state index contributed by atoms with van der Waals surface area (Å²) in [6.45, 7) is 0. The zero-order valence-electron chi connectivity index (χ0n) is 10.9. The molecule has 0 aromatic heterocycles. The lowest BCUT2D eigenvalue weighted by atomic mass is 10.1. The highest BCUT2D eigenvalue weighted by Crippen LogP contribution is 2.65. The van der Waals surface area contributed by atoms with E-state index in [0.717, 1.165) is 5.56 Å². The van der Waals surface area contributed by atoms with Gasteiger partial charge in [-0.05, 0) is 23.8 Å². The second-order valence-electron chi connectivity index (χ2n) is 5.04. The van der Waals surface area contributed by atoms with Crippen molar-refractivity contribution in [2.24, 2.45) is 5.92 Å². The number of rotatable bonds is 3. The molecule has 1 fully saturated rings. The van der Waals surface area contributed by atoms with Gasteiger partial charge in [0.25, 0.3) is 0 Å². The van der Waals surface area contributed by atoms with Gasteiger partial charge in [0.15, 0.2) is 0 Å². The first-order valence-corrected chi connectivity index (χ1v) is 7.63. The number of benzene rings is 2. The van der Waals surface area contributed by atoms with E-state index in [0.29, 0.717) is 10.7 Å². The smallest absolute Gasteiger partial charge is 0.231 e. The van der Waals surface area contributed by atoms with Gasteiger partial charge in [0.2, 0.25) is 5.91 Å². The van der Waals surface area contributed by atoms with Gasteiger partial charge in [0, 0.05) is 16.6 Å². The zero-order chi connectivity index (χ0) is 15.0. The van der Waals surface area contributed by atoms with Crippen LogP contribution < -0.4 is 5.32 Å². The summed E-state index contributed by atoms with van der Waals surface area (Å²) in [4.78, 5) is 12.4. The van der Waals surface area contributed by atoms with Crippen molar-refractivity contribution in [3.05, 3.63) is 65.2 Å². The number of halogens is 3. The fourth-order valence-electron chi connectivity index (χ4n) is 2.51. The Bertz CT molecular complexity index is 672. The van der Waals surface area contributed by atoms with Crippen LogP contribution in [0.25, 0.3) is 0 Å². The van der Waals surface area contributed by atoms with Gasteiger partial charge in [0.1, 0.15) is 4.33 Å². The standard InChI is InChI=1S/C16H12Cl3NO/c17-11-7-4-8-12(9-11)20-15(21)14-13(16(14,18)19)10-5-2-1-3-6-10/h1-9,13-14H,(H,20,21)/t13-,14+/m0/s1. The van der Waals surface area contributed by atoms with Crippen LogP contribution >= 0.6 is 34.8 Å². The van der Waals surface area contributed by atoms with Gasteiger partial charge in [-0.25, -0.2) is 0 Å². The Kier molecular flexibility index (Phi) is 3.87. The lowest BCUT2D eigenvalue weighted by molar-refractivity contribution is -0.117. The molecule has 0 radical (unpaired) electrons. The maximum atomic E-state index is 12.4. The number of nitrogens with one attached hydrogen (secondary N) is 1. The lowest BCUT2D eigenvalue weighted by Crippen LogP contribution is -2.17. The van der Waals surface area contributed by atoms with Crippen LogP contribution in [0.15, 0.2) is 54.6 Å². The molecule has 0 heterocycles. The highest BCUT2D eigenvalue weighted by molar-refractivity contribution is 6.53. The Morgan fingerprint density at radius 2 is 1.76 bits per heavy atom. The number of hydrogen-bond donors (Lipinski definition) is 1. The average molecular weight is 341 g/mol. The number of anilines is 1. The first kappa shape index (κ1) is 14.7. The summed E-state index contributed by atoms with van der Waals surface area (Å²) in [5.41, 5.74) is 1.60. The molecule has 2 nitrogen and oxygen atoms in total. The number of amides is 1. The van der Waals surface area contributed by atoms with Crippen LogP contribution in [-0.2, 0) is 4.79 Å². The fourth-order valence-corrected chi connectivity index (χ4v) is 3.53. The molecule has 2 aromatic rings. The third kappa shape index (κ3) is 2.89. The van der Waals surface area contributed by atoms with E-state index in [1.165, 1.54) is 0 Å². The predicted octanol–water partition coefficient (Wildman–Crippen LogP) is 4.87. The summed E-state index contributed by atoms with van der Waals surface area (Å²) < 4.78 is -1.07. The van der Waals surface area contributed by atoms with Gasteiger partial charge >= 0.3 is 0 Å². The van der Waals surface area contributed by atoms with E-state index in [9.17, 15) is 4.79 Å². The maximum Gasteiger partial charge on any atom is 0.231 e. The van der Waals surface area contributed by atoms with E-state index in [-0.39, 0.29) is 11.8 Å². The first-order chi connectivity index (χ1) is 10.00. The van der Waals surface area contributed by atoms with Gasteiger partial charge in [-0.1, -0.05) is 48.0 Å². The molecule has 1 aliphatic rings. The lowest BCUT2D eigenvalue weighted by Gasteiger charge is -2.05. The molecule has 0 aliphatic heterocycles. The molecule has 0 bridgehead atoms. The molecule has 108 valence electrons. The largest absolute Gasteiger partial charge is 0.326 e. The van der Waals surface area contributed by atoms with Crippen LogP contribution in [0.1, 0.15) is 11.5 Å². The summed E-state index contributed by atoms with van der Waals surface area (Å²) in [6, 6.07) is 16.6. The Morgan fingerprint density at radius 1 is 1.05 bits per heavy atom. The summed E-state index contributed by atoms with van der Waals surface area (Å²) in [5.74, 6) is -0.862. The van der Waals surface area contributed by atoms with E-state index in [4.69, 9.17) is 34.8 Å². The van der Waals surface area contributed by atoms with Gasteiger partial charge in [-0.15, -0.1) is 23.2 Å². The monoisotopic (exact) mass is 339 g/mol. The van der Waals surface area contributed by atoms with Crippen molar-refractivity contribution < 1.29 is 4.79 Å². The summed E-state index contributed by atoms with van der Waals surface area (Å²) in [7, 11) is 0. The van der Waals surface area contributed by atoms with E-state index < -0.39 is 10.3 Å². The topological polar surface area (TPSA) is 29.1 Å². The fraction of sp³-hybridized carbons (Fsp3) is 0.188. The van der Waals surface area contributed by atoms with Crippen LogP contribution in [0.2, 0.25) is 5.02 Å². The number of carbonyl (C=O) groups is 1. The second-order valence-corrected chi connectivity index (χ2v) is 6.92. The molecular formula is C16H12Cl3NO. The molecule has 5 heteroatoms. The number of carbonyl (C=O) groups excluding carboxylic acids is 1. The van der Waals surface area contributed by atoms with Gasteiger partial charge in [-0.2, -0.15) is 0 Å². The molecule has 1 amide bonds. The minimum atomic E-state index is -1.07. The number of hydrogen-bond acceptors (Lipinski definition) is 1. The Morgan fingerprint density at radius 3 is 2.43 bits per heavy atom. The minimum absolute atomic E-state index is 0.193. The van der Waals surface area contributed by atoms with Crippen LogP contribution in [0, 0.1) is 5.92 Å². The molecule has 2 aromatic carbocycles. The predicted molar refractivity (Wildman–Crippen MR) is 87.2 cm³/mol. The first-order valence-electron chi connectivity index (χ1n) is 6.49. The highest BCUT2D eigenvalue weighted by atomic mass is 35.5. The van der Waals surface area contributed by atoms with Crippen molar-refractivity contribution in [1.29, 1.82) is 0 Å². The SMILES string of the molecule is O=C(Nc1cccc(Cl)c1)[C@H]1[C@H](c2ccccc2)C1(Cl)Cl. The molecule has 1 saturated carbocycles. The molecule has 0 unspecified atom stereocenters. The van der Waals surface area contributed by atoms with Crippen molar-refractivity contribution in [1.82, 2.24) is 0 Å². The Hall–Kier alpha value is -1.22. The second kappa shape index (κ2) is 5.53. The minimum Gasteiger partial charge on any atom is -0.326 e. The Labute approximate surface area is 138 Å². The molecule has 0 saturated heterocycles. The maximum absolute atomic E-state index is 12.4. The van der Waals surface area contributed by atoms with Crippen molar-refractivity contribution in [2.45, 2.75) is 10.3 Å². The molecular weight excluding hydrogens is 329 g/mol. The van der Waals surface area contributed by atoms with Crippen molar-refractivity contribution in [2.75, 3.05) is 5.32 Å². The van der Waals surface area contributed by atoms with Crippen molar-refractivity contribution in [3.63, 3.8) is 0 Å². The van der Waals surface area contributed by atoms with Crippen LogP contribution in [-0.4, -0.2) is 10.2 Å². The molecule has 1 N–H and O–H groups in total. The quantitative estimate of drug-likeness (QED) is 0.794. The molecule has 1 aliphatic carbocycles. The van der Waals surface area contributed by atoms with Crippen LogP contribution in [0.3, 0.4) is 0 Å². The number of alkyl halides is 2. The Balaban J connectivity index is 1.77. The van der Waals surface area contributed by atoms with Crippen LogP contribution in [0.4, 0.5) is 5.69 Å². The third-order valence-electron chi connectivity index (χ3n) is 3.59. The summed E-state index contributed by atoms with van der Waals surface area (Å²) in [6.07, 6.45) is 0. The van der Waals surface area contributed by atoms with Gasteiger partial charge < -0.3 is 5.32 Å². The van der Waals surface area contributed by atoms with E-state index >= 15 is 0 Å². The highest BCUT2D eigenvalue weighted by Gasteiger charge is 2.67. The average Bonchev–Trinajstić information content (AvgIpc) is 3.03. The zero-order valence-corrected chi connectivity index (χ0v) is 13.2. The van der Waals surface area contributed by atoms with E-state index in [1.54, 1.807) is 24.3 Å². The van der Waals surface area contributed by atoms with Gasteiger partial charge in [-0.3, -0.25) is 4.79 Å². The molecule has 2 atom stereocenters. The third-order valence-corrected chi connectivity index (χ3v) is 4.76. The van der Waals surface area contributed by atoms with Crippen molar-refractivity contribution in [3.8, 4) is 0 Å². The molecule has 21 heavy (non-hydrogen) atoms. The van der Waals surface area contributed by atoms with E-state index in [2.05, 4.69) is 5.32 Å². The van der Waals surface area contributed by atoms with Crippen molar-refractivity contribution >= 4 is 46.4 Å². The summed E-state index contributed by atoms with van der Waals surface area (Å²) in [5, 5.41) is 3.37. The molecule has 3 rings (SSSR count). The van der Waals surface area contributed by atoms with E-state index in [1.807, 2.05) is 30.3 Å².